The second-order valence-electron chi connectivity index (χ2n) is 3.03. The molecular formula is C10H13F2N. The number of halogens is 2. The van der Waals surface area contributed by atoms with E-state index in [1.54, 1.807) is 0 Å². The van der Waals surface area contributed by atoms with Gasteiger partial charge >= 0.3 is 0 Å². The van der Waals surface area contributed by atoms with Crippen LogP contribution in [0.25, 0.3) is 0 Å². The minimum atomic E-state index is -0.819. The molecule has 0 amide bonds. The maximum Gasteiger partial charge on any atom is 0.164 e. The molecule has 0 aliphatic carbocycles. The van der Waals surface area contributed by atoms with E-state index in [4.69, 9.17) is 5.73 Å². The Hall–Kier alpha value is -1.12. The van der Waals surface area contributed by atoms with Crippen molar-refractivity contribution in [2.45, 2.75) is 26.2 Å². The predicted octanol–water partition coefficient (Wildman–Crippen LogP) is 2.89. The largest absolute Gasteiger partial charge is 0.398 e. The summed E-state index contributed by atoms with van der Waals surface area (Å²) in [5.74, 6) is -1.62. The van der Waals surface area contributed by atoms with Crippen molar-refractivity contribution in [1.82, 2.24) is 0 Å². The minimum Gasteiger partial charge on any atom is -0.398 e. The highest BCUT2D eigenvalue weighted by Crippen LogP contribution is 2.20. The molecule has 0 spiro atoms. The Morgan fingerprint density at radius 2 is 2.00 bits per heavy atom. The summed E-state index contributed by atoms with van der Waals surface area (Å²) in [4.78, 5) is 0. The summed E-state index contributed by atoms with van der Waals surface area (Å²) in [6.07, 6.45) is 2.27. The number of hydrogen-bond donors (Lipinski definition) is 1. The van der Waals surface area contributed by atoms with Gasteiger partial charge in [0, 0.05) is 11.3 Å². The number of hydrogen-bond acceptors (Lipinski definition) is 1. The lowest BCUT2D eigenvalue weighted by Crippen LogP contribution is -2.00. The fraction of sp³-hybridized carbons (Fsp3) is 0.400. The average molecular weight is 185 g/mol. The van der Waals surface area contributed by atoms with Gasteiger partial charge in [0.05, 0.1) is 0 Å². The van der Waals surface area contributed by atoms with Crippen LogP contribution in [0.4, 0.5) is 14.5 Å². The molecule has 72 valence electrons. The molecule has 0 aliphatic heterocycles. The topological polar surface area (TPSA) is 26.0 Å². The lowest BCUT2D eigenvalue weighted by molar-refractivity contribution is 0.498. The monoisotopic (exact) mass is 185 g/mol. The summed E-state index contributed by atoms with van der Waals surface area (Å²) < 4.78 is 25.9. The molecule has 0 heterocycles. The van der Waals surface area contributed by atoms with Gasteiger partial charge in [-0.1, -0.05) is 13.3 Å². The molecule has 0 saturated carbocycles. The third-order valence-electron chi connectivity index (χ3n) is 2.01. The molecule has 2 N–H and O–H groups in total. The lowest BCUT2D eigenvalue weighted by Gasteiger charge is -2.06. The molecule has 0 bridgehead atoms. The van der Waals surface area contributed by atoms with Crippen LogP contribution < -0.4 is 5.73 Å². The molecule has 1 aromatic rings. The van der Waals surface area contributed by atoms with Crippen LogP contribution >= 0.6 is 0 Å². The van der Waals surface area contributed by atoms with Gasteiger partial charge in [-0.2, -0.15) is 0 Å². The van der Waals surface area contributed by atoms with E-state index in [1.165, 1.54) is 6.07 Å². The normalized spacial score (nSPS) is 10.4. The first kappa shape index (κ1) is 9.96. The van der Waals surface area contributed by atoms with Gasteiger partial charge in [-0.25, -0.2) is 8.78 Å². The van der Waals surface area contributed by atoms with Crippen LogP contribution in [-0.4, -0.2) is 0 Å². The van der Waals surface area contributed by atoms with E-state index in [0.29, 0.717) is 17.7 Å². The smallest absolute Gasteiger partial charge is 0.164 e. The molecule has 0 radical (unpaired) electrons. The highest BCUT2D eigenvalue weighted by atomic mass is 19.2. The molecule has 0 saturated heterocycles. The quantitative estimate of drug-likeness (QED) is 0.720. The van der Waals surface area contributed by atoms with Gasteiger partial charge in [0.2, 0.25) is 0 Å². The third-order valence-corrected chi connectivity index (χ3v) is 2.01. The Balaban J connectivity index is 2.96. The Kier molecular flexibility index (Phi) is 3.23. The number of nitrogens with two attached hydrogens (primary N) is 1. The number of rotatable bonds is 3. The number of unbranched alkanes of at least 4 members (excludes halogenated alkanes) is 1. The van der Waals surface area contributed by atoms with Crippen molar-refractivity contribution in [2.75, 3.05) is 5.73 Å². The van der Waals surface area contributed by atoms with Crippen LogP contribution in [0, 0.1) is 11.6 Å². The Bertz CT molecular complexity index is 297. The molecule has 1 rings (SSSR count). The molecule has 13 heavy (non-hydrogen) atoms. The number of benzene rings is 1. The summed E-state index contributed by atoms with van der Waals surface area (Å²) >= 11 is 0. The van der Waals surface area contributed by atoms with E-state index in [9.17, 15) is 8.78 Å². The van der Waals surface area contributed by atoms with Crippen LogP contribution in [0.1, 0.15) is 25.3 Å². The zero-order valence-electron chi connectivity index (χ0n) is 7.61. The van der Waals surface area contributed by atoms with Crippen LogP contribution in [-0.2, 0) is 6.42 Å². The summed E-state index contributed by atoms with van der Waals surface area (Å²) in [6.45, 7) is 1.99. The first-order valence-corrected chi connectivity index (χ1v) is 4.39. The summed E-state index contributed by atoms with van der Waals surface area (Å²) in [6, 6.07) is 2.46. The molecule has 1 nitrogen and oxygen atoms in total. The van der Waals surface area contributed by atoms with Gasteiger partial charge < -0.3 is 5.73 Å². The van der Waals surface area contributed by atoms with Crippen molar-refractivity contribution in [3.05, 3.63) is 29.3 Å². The summed E-state index contributed by atoms with van der Waals surface area (Å²) in [5.41, 5.74) is 6.17. The second-order valence-corrected chi connectivity index (χ2v) is 3.03. The number of anilines is 1. The third kappa shape index (κ3) is 2.17. The molecule has 0 aliphatic rings. The van der Waals surface area contributed by atoms with E-state index in [1.807, 2.05) is 6.92 Å². The Labute approximate surface area is 76.6 Å². The van der Waals surface area contributed by atoms with Crippen LogP contribution in [0.5, 0.6) is 0 Å². The van der Waals surface area contributed by atoms with Crippen LogP contribution in [0.2, 0.25) is 0 Å². The average Bonchev–Trinajstić information content (AvgIpc) is 2.12. The molecule has 0 unspecified atom stereocenters. The molecule has 0 atom stereocenters. The van der Waals surface area contributed by atoms with E-state index < -0.39 is 11.6 Å². The van der Waals surface area contributed by atoms with E-state index in [-0.39, 0.29) is 0 Å². The van der Waals surface area contributed by atoms with Gasteiger partial charge in [0.1, 0.15) is 0 Å². The predicted molar refractivity (Wildman–Crippen MR) is 49.4 cm³/mol. The Morgan fingerprint density at radius 3 is 2.62 bits per heavy atom. The number of nitrogen functional groups attached to an aromatic ring is 1. The van der Waals surface area contributed by atoms with Gasteiger partial charge in [-0.3, -0.25) is 0 Å². The molecule has 0 fully saturated rings. The van der Waals surface area contributed by atoms with Crippen LogP contribution in [0.3, 0.4) is 0 Å². The zero-order valence-corrected chi connectivity index (χ0v) is 7.61. The molecule has 1 aromatic carbocycles. The maximum atomic E-state index is 13.1. The SMILES string of the molecule is CCCCc1c(N)ccc(F)c1F. The standard InChI is InChI=1S/C10H13F2N/c1-2-3-4-7-9(13)6-5-8(11)10(7)12/h5-6H,2-4,13H2,1H3. The first-order chi connectivity index (χ1) is 6.16. The van der Waals surface area contributed by atoms with E-state index >= 15 is 0 Å². The van der Waals surface area contributed by atoms with Crippen molar-refractivity contribution in [1.29, 1.82) is 0 Å². The van der Waals surface area contributed by atoms with Crippen molar-refractivity contribution in [3.63, 3.8) is 0 Å². The van der Waals surface area contributed by atoms with Crippen molar-refractivity contribution >= 4 is 5.69 Å². The van der Waals surface area contributed by atoms with Crippen molar-refractivity contribution < 1.29 is 8.78 Å². The molecule has 0 aromatic heterocycles. The van der Waals surface area contributed by atoms with E-state index in [2.05, 4.69) is 0 Å². The zero-order chi connectivity index (χ0) is 9.84. The highest BCUT2D eigenvalue weighted by molar-refractivity contribution is 5.47. The van der Waals surface area contributed by atoms with E-state index in [0.717, 1.165) is 18.9 Å². The maximum absolute atomic E-state index is 13.1. The molecular weight excluding hydrogens is 172 g/mol. The van der Waals surface area contributed by atoms with Crippen LogP contribution in [0.15, 0.2) is 12.1 Å². The Morgan fingerprint density at radius 1 is 1.31 bits per heavy atom. The summed E-state index contributed by atoms with van der Waals surface area (Å²) in [7, 11) is 0. The van der Waals surface area contributed by atoms with Crippen molar-refractivity contribution in [3.8, 4) is 0 Å². The van der Waals surface area contributed by atoms with Gasteiger partial charge in [-0.15, -0.1) is 0 Å². The van der Waals surface area contributed by atoms with Gasteiger partial charge in [0.25, 0.3) is 0 Å². The highest BCUT2D eigenvalue weighted by Gasteiger charge is 2.10. The minimum absolute atomic E-state index is 0.307. The van der Waals surface area contributed by atoms with Crippen molar-refractivity contribution in [2.24, 2.45) is 0 Å². The fourth-order valence-electron chi connectivity index (χ4n) is 1.22. The van der Waals surface area contributed by atoms with Gasteiger partial charge in [0.15, 0.2) is 11.6 Å². The van der Waals surface area contributed by atoms with Gasteiger partial charge in [-0.05, 0) is 25.0 Å². The lowest BCUT2D eigenvalue weighted by atomic mass is 10.1. The first-order valence-electron chi connectivity index (χ1n) is 4.39. The summed E-state index contributed by atoms with van der Waals surface area (Å²) in [5, 5.41) is 0. The molecule has 3 heteroatoms. The fourth-order valence-corrected chi connectivity index (χ4v) is 1.22. The second kappa shape index (κ2) is 4.21.